The van der Waals surface area contributed by atoms with Crippen molar-refractivity contribution in [3.63, 3.8) is 0 Å². The Labute approximate surface area is 131 Å². The number of fused-ring (bicyclic) bond motifs is 1. The minimum atomic E-state index is -3.54. The molecular weight excluding hydrogens is 387 g/mol. The lowest BCUT2D eigenvalue weighted by Crippen LogP contribution is -2.26. The van der Waals surface area contributed by atoms with E-state index < -0.39 is 10.0 Å². The fourth-order valence-electron chi connectivity index (χ4n) is 2.13. The molecule has 4 nitrogen and oxygen atoms in total. The van der Waals surface area contributed by atoms with Crippen LogP contribution in [-0.2, 0) is 10.0 Å². The molecule has 0 saturated carbocycles. The number of halogens is 1. The fourth-order valence-corrected chi connectivity index (χ4v) is 4.16. The van der Waals surface area contributed by atoms with Crippen LogP contribution < -0.4 is 4.72 Å². The Morgan fingerprint density at radius 2 is 1.90 bits per heavy atom. The zero-order valence-electron chi connectivity index (χ0n) is 10.3. The first-order valence-corrected chi connectivity index (χ1v) is 8.53. The second-order valence-electron chi connectivity index (χ2n) is 4.39. The quantitative estimate of drug-likeness (QED) is 0.810. The maximum absolute atomic E-state index is 12.3. The van der Waals surface area contributed by atoms with Crippen LogP contribution in [0.2, 0.25) is 0 Å². The lowest BCUT2D eigenvalue weighted by Gasteiger charge is -2.13. The number of benzene rings is 1. The van der Waals surface area contributed by atoms with Gasteiger partial charge in [-0.1, -0.05) is 18.2 Å². The van der Waals surface area contributed by atoms with Crippen LogP contribution >= 0.6 is 22.6 Å². The minimum absolute atomic E-state index is 0.265. The molecule has 1 heterocycles. The van der Waals surface area contributed by atoms with E-state index in [1.807, 2.05) is 12.1 Å². The van der Waals surface area contributed by atoms with Crippen LogP contribution in [0.1, 0.15) is 17.2 Å². The van der Waals surface area contributed by atoms with Crippen molar-refractivity contribution in [3.8, 4) is 0 Å². The van der Waals surface area contributed by atoms with Crippen molar-refractivity contribution in [2.75, 3.05) is 0 Å². The van der Waals surface area contributed by atoms with E-state index in [-0.39, 0.29) is 10.9 Å². The predicted molar refractivity (Wildman–Crippen MR) is 85.7 cm³/mol. The van der Waals surface area contributed by atoms with E-state index in [9.17, 15) is 8.42 Å². The highest BCUT2D eigenvalue weighted by atomic mass is 127. The van der Waals surface area contributed by atoms with Crippen molar-refractivity contribution in [1.29, 1.82) is 0 Å². The molecule has 20 heavy (non-hydrogen) atoms. The van der Waals surface area contributed by atoms with Crippen molar-refractivity contribution in [2.24, 2.45) is 0 Å². The lowest BCUT2D eigenvalue weighted by molar-refractivity contribution is 0.575. The molecule has 1 aliphatic carbocycles. The van der Waals surface area contributed by atoms with Gasteiger partial charge in [0.15, 0.2) is 0 Å². The summed E-state index contributed by atoms with van der Waals surface area (Å²) in [5, 5.41) is 0. The molecule has 102 valence electrons. The molecule has 0 radical (unpaired) electrons. The van der Waals surface area contributed by atoms with Gasteiger partial charge in [-0.15, -0.1) is 0 Å². The molecule has 1 unspecified atom stereocenters. The minimum Gasteiger partial charge on any atom is -0.264 e. The highest BCUT2D eigenvalue weighted by Crippen LogP contribution is 2.38. The second kappa shape index (κ2) is 5.27. The maximum atomic E-state index is 12.3. The molecule has 1 N–H and O–H groups in total. The smallest absolute Gasteiger partial charge is 0.241 e. The van der Waals surface area contributed by atoms with Crippen molar-refractivity contribution in [3.05, 3.63) is 66.0 Å². The van der Waals surface area contributed by atoms with Crippen LogP contribution in [0.5, 0.6) is 0 Å². The van der Waals surface area contributed by atoms with Gasteiger partial charge < -0.3 is 0 Å². The van der Waals surface area contributed by atoms with Gasteiger partial charge in [-0.05, 0) is 52.4 Å². The number of sulfonamides is 1. The van der Waals surface area contributed by atoms with Crippen molar-refractivity contribution >= 4 is 36.2 Å². The summed E-state index contributed by atoms with van der Waals surface area (Å²) in [7, 11) is -3.54. The second-order valence-corrected chi connectivity index (χ2v) is 7.27. The van der Waals surface area contributed by atoms with Crippen molar-refractivity contribution in [2.45, 2.75) is 10.9 Å². The van der Waals surface area contributed by atoms with Crippen molar-refractivity contribution in [1.82, 2.24) is 9.71 Å². The van der Waals surface area contributed by atoms with E-state index in [0.29, 0.717) is 0 Å². The zero-order valence-corrected chi connectivity index (χ0v) is 13.3. The number of hydrogen-bond donors (Lipinski definition) is 1. The summed E-state index contributed by atoms with van der Waals surface area (Å²) in [6, 6.07) is 9.89. The molecule has 1 aromatic carbocycles. The van der Waals surface area contributed by atoms with Gasteiger partial charge in [-0.25, -0.2) is 8.42 Å². The number of aromatic nitrogens is 1. The monoisotopic (exact) mass is 398 g/mol. The summed E-state index contributed by atoms with van der Waals surface area (Å²) in [5.41, 5.74) is 1.91. The molecular formula is C14H11IN2O2S. The molecule has 0 saturated heterocycles. The summed E-state index contributed by atoms with van der Waals surface area (Å²) < 4.78 is 28.4. The summed E-state index contributed by atoms with van der Waals surface area (Å²) >= 11 is 2.20. The Morgan fingerprint density at radius 1 is 1.15 bits per heavy atom. The van der Waals surface area contributed by atoms with E-state index in [0.717, 1.165) is 14.7 Å². The molecule has 1 aliphatic rings. The molecule has 0 fully saturated rings. The van der Waals surface area contributed by atoms with Gasteiger partial charge >= 0.3 is 0 Å². The van der Waals surface area contributed by atoms with Gasteiger partial charge in [-0.3, -0.25) is 4.98 Å². The third kappa shape index (κ3) is 2.50. The van der Waals surface area contributed by atoms with Crippen LogP contribution in [0.3, 0.4) is 0 Å². The Balaban J connectivity index is 1.94. The van der Waals surface area contributed by atoms with Crippen molar-refractivity contribution < 1.29 is 8.42 Å². The molecule has 0 bridgehead atoms. The Bertz CT molecular complexity index is 773. The average Bonchev–Trinajstić information content (AvgIpc) is 2.76. The maximum Gasteiger partial charge on any atom is 0.241 e. The Hall–Kier alpha value is -1.25. The standard InChI is InChI=1S/C14H11IN2O2S/c15-13-8-14(12-9-16-7-6-11(12)13)17-20(18,19)10-4-2-1-3-5-10/h1-9,14,17H. The van der Waals surface area contributed by atoms with Gasteiger partial charge in [0.05, 0.1) is 10.9 Å². The van der Waals surface area contributed by atoms with Gasteiger partial charge in [-0.2, -0.15) is 4.72 Å². The van der Waals surface area contributed by atoms with E-state index in [2.05, 4.69) is 32.3 Å². The van der Waals surface area contributed by atoms with E-state index in [1.54, 1.807) is 42.7 Å². The van der Waals surface area contributed by atoms with Gasteiger partial charge in [0.2, 0.25) is 10.0 Å². The third-order valence-corrected chi connectivity index (χ3v) is 5.49. The summed E-state index contributed by atoms with van der Waals surface area (Å²) in [4.78, 5) is 4.34. The molecule has 0 amide bonds. The average molecular weight is 398 g/mol. The number of hydrogen-bond acceptors (Lipinski definition) is 3. The fraction of sp³-hybridized carbons (Fsp3) is 0.0714. The predicted octanol–water partition coefficient (Wildman–Crippen LogP) is 2.89. The van der Waals surface area contributed by atoms with Gasteiger partial charge in [0.25, 0.3) is 0 Å². The number of pyridine rings is 1. The van der Waals surface area contributed by atoms with Crippen LogP contribution in [0.25, 0.3) is 3.58 Å². The lowest BCUT2D eigenvalue weighted by atomic mass is 10.1. The molecule has 6 heteroatoms. The zero-order chi connectivity index (χ0) is 14.2. The summed E-state index contributed by atoms with van der Waals surface area (Å²) in [5.74, 6) is 0. The van der Waals surface area contributed by atoms with Gasteiger partial charge in [0, 0.05) is 21.5 Å². The largest absolute Gasteiger partial charge is 0.264 e. The molecule has 0 spiro atoms. The highest BCUT2D eigenvalue weighted by Gasteiger charge is 2.26. The molecule has 0 aliphatic heterocycles. The van der Waals surface area contributed by atoms with E-state index in [4.69, 9.17) is 0 Å². The normalized spacial score (nSPS) is 17.6. The molecule has 3 rings (SSSR count). The van der Waals surface area contributed by atoms with Gasteiger partial charge in [0.1, 0.15) is 0 Å². The topological polar surface area (TPSA) is 59.1 Å². The number of nitrogens with zero attached hydrogens (tertiary/aromatic N) is 1. The summed E-state index contributed by atoms with van der Waals surface area (Å²) in [6.07, 6.45) is 5.31. The van der Waals surface area contributed by atoms with E-state index in [1.165, 1.54) is 0 Å². The van der Waals surface area contributed by atoms with Crippen LogP contribution in [0.15, 0.2) is 59.8 Å². The third-order valence-electron chi connectivity index (χ3n) is 3.09. The first-order chi connectivity index (χ1) is 9.58. The van der Waals surface area contributed by atoms with Crippen LogP contribution in [-0.4, -0.2) is 13.4 Å². The number of rotatable bonds is 3. The first-order valence-electron chi connectivity index (χ1n) is 5.97. The first kappa shape index (κ1) is 13.7. The highest BCUT2D eigenvalue weighted by molar-refractivity contribution is 14.1. The molecule has 2 aromatic rings. The van der Waals surface area contributed by atoms with Crippen LogP contribution in [0.4, 0.5) is 0 Å². The number of nitrogens with one attached hydrogen (secondary N) is 1. The summed E-state index contributed by atoms with van der Waals surface area (Å²) in [6.45, 7) is 0. The Kier molecular flexibility index (Phi) is 3.61. The SMILES string of the molecule is O=S(=O)(NC1C=C(I)c2ccncc21)c1ccccc1. The van der Waals surface area contributed by atoms with Crippen LogP contribution in [0, 0.1) is 0 Å². The molecule has 1 atom stereocenters. The Morgan fingerprint density at radius 3 is 2.65 bits per heavy atom. The molecule has 1 aromatic heterocycles. The van der Waals surface area contributed by atoms with E-state index >= 15 is 0 Å².